The lowest BCUT2D eigenvalue weighted by Gasteiger charge is -2.01. The summed E-state index contributed by atoms with van der Waals surface area (Å²) in [5.74, 6) is 0.907. The van der Waals surface area contributed by atoms with E-state index in [2.05, 4.69) is 10.1 Å². The molecule has 0 spiro atoms. The number of nitrogens with zero attached hydrogens (tertiary/aromatic N) is 3. The number of benzene rings is 2. The van der Waals surface area contributed by atoms with Gasteiger partial charge < -0.3 is 9.52 Å². The van der Waals surface area contributed by atoms with Crippen LogP contribution >= 0.6 is 11.3 Å². The summed E-state index contributed by atoms with van der Waals surface area (Å²) >= 11 is 1.48. The van der Waals surface area contributed by atoms with Crippen molar-refractivity contribution < 1.29 is 9.52 Å². The monoisotopic (exact) mass is 349 g/mol. The van der Waals surface area contributed by atoms with Crippen LogP contribution in [0.25, 0.3) is 22.4 Å². The third-order valence-corrected chi connectivity index (χ3v) is 4.71. The Labute approximate surface area is 147 Å². The van der Waals surface area contributed by atoms with E-state index >= 15 is 0 Å². The van der Waals surface area contributed by atoms with Gasteiger partial charge >= 0.3 is 0 Å². The van der Waals surface area contributed by atoms with Crippen LogP contribution in [0.5, 0.6) is 5.75 Å². The van der Waals surface area contributed by atoms with E-state index in [1.807, 2.05) is 41.8 Å². The molecule has 0 saturated carbocycles. The molecule has 0 aliphatic heterocycles. The van der Waals surface area contributed by atoms with Crippen molar-refractivity contribution in [3.63, 3.8) is 0 Å². The quantitative estimate of drug-likeness (QED) is 0.567. The van der Waals surface area contributed by atoms with Gasteiger partial charge in [-0.15, -0.1) is 11.3 Å². The summed E-state index contributed by atoms with van der Waals surface area (Å²) in [6.07, 6.45) is 1.61. The van der Waals surface area contributed by atoms with Crippen LogP contribution in [-0.4, -0.2) is 23.0 Å². The van der Waals surface area contributed by atoms with Crippen LogP contribution < -0.4 is 4.80 Å². The number of aromatic hydroxyl groups is 1. The lowest BCUT2D eigenvalue weighted by molar-refractivity contribution is 0.474. The minimum absolute atomic E-state index is 0.183. The molecule has 2 aromatic heterocycles. The lowest BCUT2D eigenvalue weighted by Crippen LogP contribution is -2.11. The zero-order valence-corrected chi connectivity index (χ0v) is 14.3. The van der Waals surface area contributed by atoms with Gasteiger partial charge in [0, 0.05) is 23.4 Å². The Morgan fingerprint density at radius 1 is 1.12 bits per heavy atom. The van der Waals surface area contributed by atoms with Gasteiger partial charge in [0.1, 0.15) is 17.0 Å². The molecule has 4 aromatic rings. The fourth-order valence-corrected chi connectivity index (χ4v) is 3.34. The van der Waals surface area contributed by atoms with Crippen molar-refractivity contribution in [1.82, 2.24) is 4.68 Å². The molecule has 1 N–H and O–H groups in total. The maximum absolute atomic E-state index is 9.91. The normalized spacial score (nSPS) is 12.4. The summed E-state index contributed by atoms with van der Waals surface area (Å²) in [5.41, 5.74) is 2.28. The van der Waals surface area contributed by atoms with E-state index in [0.29, 0.717) is 5.56 Å². The van der Waals surface area contributed by atoms with Gasteiger partial charge in [0.15, 0.2) is 5.76 Å². The molecule has 0 bridgehead atoms. The summed E-state index contributed by atoms with van der Waals surface area (Å²) in [6, 6.07) is 16.9. The topological polar surface area (TPSA) is 63.0 Å². The number of para-hydroxylation sites is 2. The third-order valence-electron chi connectivity index (χ3n) is 3.80. The predicted molar refractivity (Wildman–Crippen MR) is 100 cm³/mol. The number of phenols is 1. The molecule has 2 aromatic carbocycles. The molecule has 0 saturated heterocycles. The Morgan fingerprint density at radius 3 is 2.72 bits per heavy atom. The van der Waals surface area contributed by atoms with E-state index in [1.165, 1.54) is 11.3 Å². The van der Waals surface area contributed by atoms with Gasteiger partial charge in [0.25, 0.3) is 0 Å². The highest BCUT2D eigenvalue weighted by atomic mass is 32.1. The smallest absolute Gasteiger partial charge is 0.206 e. The number of furan rings is 1. The number of aromatic nitrogens is 1. The van der Waals surface area contributed by atoms with Gasteiger partial charge in [-0.1, -0.05) is 30.3 Å². The second-order valence-electron chi connectivity index (χ2n) is 5.39. The highest BCUT2D eigenvalue weighted by Crippen LogP contribution is 2.28. The Bertz CT molecular complexity index is 1100. The van der Waals surface area contributed by atoms with E-state index in [9.17, 15) is 5.11 Å². The van der Waals surface area contributed by atoms with Gasteiger partial charge in [-0.05, 0) is 24.3 Å². The summed E-state index contributed by atoms with van der Waals surface area (Å²) in [7, 11) is 1.72. The van der Waals surface area contributed by atoms with Crippen molar-refractivity contribution >= 4 is 28.5 Å². The number of hydrogen-bond acceptors (Lipinski definition) is 5. The van der Waals surface area contributed by atoms with Gasteiger partial charge in [-0.25, -0.2) is 4.68 Å². The number of hydrogen-bond donors (Lipinski definition) is 1. The van der Waals surface area contributed by atoms with Gasteiger partial charge in [-0.3, -0.25) is 4.99 Å². The zero-order valence-electron chi connectivity index (χ0n) is 13.5. The summed E-state index contributed by atoms with van der Waals surface area (Å²) in [4.78, 5) is 5.01. The second kappa shape index (κ2) is 6.41. The third kappa shape index (κ3) is 2.88. The highest BCUT2D eigenvalue weighted by Gasteiger charge is 2.12. The number of thiazole rings is 1. The van der Waals surface area contributed by atoms with E-state index < -0.39 is 0 Å². The van der Waals surface area contributed by atoms with Crippen molar-refractivity contribution in [2.45, 2.75) is 0 Å². The SMILES string of the molecule is CN=c1scc(-c2cc3ccccc3o2)n1N=Cc1ccccc1O. The molecule has 0 fully saturated rings. The molecule has 0 atom stereocenters. The molecular formula is C19H15N3O2S. The average molecular weight is 349 g/mol. The Hall–Kier alpha value is -3.12. The van der Waals surface area contributed by atoms with Crippen molar-refractivity contribution in [1.29, 1.82) is 0 Å². The van der Waals surface area contributed by atoms with Gasteiger partial charge in [0.2, 0.25) is 4.80 Å². The van der Waals surface area contributed by atoms with E-state index in [4.69, 9.17) is 4.42 Å². The fourth-order valence-electron chi connectivity index (χ4n) is 2.56. The Morgan fingerprint density at radius 2 is 1.92 bits per heavy atom. The minimum Gasteiger partial charge on any atom is -0.507 e. The maximum atomic E-state index is 9.91. The van der Waals surface area contributed by atoms with Crippen molar-refractivity contribution in [3.8, 4) is 17.2 Å². The second-order valence-corrected chi connectivity index (χ2v) is 6.23. The lowest BCUT2D eigenvalue weighted by atomic mass is 10.2. The summed E-state index contributed by atoms with van der Waals surface area (Å²) < 4.78 is 7.67. The summed E-state index contributed by atoms with van der Waals surface area (Å²) in [6.45, 7) is 0. The molecular weight excluding hydrogens is 334 g/mol. The van der Waals surface area contributed by atoms with E-state index in [-0.39, 0.29) is 5.75 Å². The van der Waals surface area contributed by atoms with Crippen molar-refractivity contribution in [3.05, 3.63) is 70.3 Å². The highest BCUT2D eigenvalue weighted by molar-refractivity contribution is 7.07. The Kier molecular flexibility index (Phi) is 3.95. The van der Waals surface area contributed by atoms with Crippen LogP contribution in [0.1, 0.15) is 5.56 Å². The molecule has 0 amide bonds. The molecule has 25 heavy (non-hydrogen) atoms. The summed E-state index contributed by atoms with van der Waals surface area (Å²) in [5, 5.41) is 17.4. The molecule has 0 aliphatic carbocycles. The van der Waals surface area contributed by atoms with E-state index in [0.717, 1.165) is 27.2 Å². The predicted octanol–water partition coefficient (Wildman–Crippen LogP) is 4.08. The van der Waals surface area contributed by atoms with Gasteiger partial charge in [-0.2, -0.15) is 5.10 Å². The molecule has 6 heteroatoms. The fraction of sp³-hybridized carbons (Fsp3) is 0.0526. The average Bonchev–Trinajstić information content (AvgIpc) is 3.24. The molecule has 0 aliphatic rings. The van der Waals surface area contributed by atoms with Gasteiger partial charge in [0.05, 0.1) is 6.21 Å². The van der Waals surface area contributed by atoms with Crippen LogP contribution in [0.3, 0.4) is 0 Å². The molecule has 0 unspecified atom stereocenters. The number of fused-ring (bicyclic) bond motifs is 1. The van der Waals surface area contributed by atoms with Crippen molar-refractivity contribution in [2.75, 3.05) is 7.05 Å². The molecule has 124 valence electrons. The van der Waals surface area contributed by atoms with Crippen LogP contribution in [0.2, 0.25) is 0 Å². The first-order valence-electron chi connectivity index (χ1n) is 7.71. The zero-order chi connectivity index (χ0) is 17.2. The minimum atomic E-state index is 0.183. The first kappa shape index (κ1) is 15.4. The van der Waals surface area contributed by atoms with Crippen LogP contribution in [0, 0.1) is 0 Å². The largest absolute Gasteiger partial charge is 0.507 e. The Balaban J connectivity index is 1.83. The molecule has 2 heterocycles. The number of phenolic OH excluding ortho intramolecular Hbond substituents is 1. The van der Waals surface area contributed by atoms with Crippen LogP contribution in [0.15, 0.2) is 74.5 Å². The van der Waals surface area contributed by atoms with Crippen molar-refractivity contribution in [2.24, 2.45) is 10.1 Å². The standard InChI is InChI=1S/C19H15N3O2S/c1-20-19-22(21-11-14-7-2-4-8-16(14)23)15(12-25-19)18-10-13-6-3-5-9-17(13)24-18/h2-12,23H,1H3. The molecule has 5 nitrogen and oxygen atoms in total. The first-order valence-corrected chi connectivity index (χ1v) is 8.59. The molecule has 4 rings (SSSR count). The van der Waals surface area contributed by atoms with E-state index in [1.54, 1.807) is 36.1 Å². The number of rotatable bonds is 3. The maximum Gasteiger partial charge on any atom is 0.206 e. The van der Waals surface area contributed by atoms with Crippen LogP contribution in [-0.2, 0) is 0 Å². The molecule has 0 radical (unpaired) electrons. The van der Waals surface area contributed by atoms with Crippen LogP contribution in [0.4, 0.5) is 0 Å². The first-order chi connectivity index (χ1) is 12.3.